The minimum Gasteiger partial charge on any atom is -0.480 e. The zero-order valence-corrected chi connectivity index (χ0v) is 6.81. The van der Waals surface area contributed by atoms with Crippen LogP contribution in [0.5, 0.6) is 0 Å². The number of carboxylic acids is 1. The molecule has 0 unspecified atom stereocenters. The number of halogens is 1. The monoisotopic (exact) mass is 185 g/mol. The summed E-state index contributed by atoms with van der Waals surface area (Å²) in [5, 5.41) is 14.9. The van der Waals surface area contributed by atoms with Crippen LogP contribution in [0.15, 0.2) is 0 Å². The Bertz CT molecular complexity index is 141. The topological polar surface area (TPSA) is 122 Å². The lowest BCUT2D eigenvalue weighted by molar-refractivity contribution is -0.137. The summed E-state index contributed by atoms with van der Waals surface area (Å²) in [5.74, 6) is -1.23. The highest BCUT2D eigenvalue weighted by atomic mass is 35.5. The second kappa shape index (κ2) is 7.10. The van der Waals surface area contributed by atoms with Crippen molar-refractivity contribution < 1.29 is 15.4 Å². The average molecular weight is 186 g/mol. The zero-order chi connectivity index (χ0) is 7.44. The van der Waals surface area contributed by atoms with Crippen molar-refractivity contribution in [2.75, 3.05) is 13.6 Å². The van der Waals surface area contributed by atoms with E-state index in [1.165, 1.54) is 7.05 Å². The number of nitrogens with two attached hydrogens (primary N) is 1. The molecule has 6 N–H and O–H groups in total. The van der Waals surface area contributed by atoms with Gasteiger partial charge in [0, 0.05) is 7.05 Å². The Labute approximate surface area is 70.2 Å². The number of carboxylic acid groups (broad SMARTS) is 1. The lowest BCUT2D eigenvalue weighted by Gasteiger charge is -2.12. The smallest absolute Gasteiger partial charge is 0.323 e. The van der Waals surface area contributed by atoms with E-state index in [1.807, 2.05) is 0 Å². The normalized spacial score (nSPS) is 7.00. The van der Waals surface area contributed by atoms with E-state index in [4.69, 9.17) is 16.2 Å². The molecule has 0 heterocycles. The number of rotatable bonds is 2. The highest BCUT2D eigenvalue weighted by Crippen LogP contribution is 1.76. The van der Waals surface area contributed by atoms with Crippen molar-refractivity contribution in [3.05, 3.63) is 0 Å². The molecule has 0 aromatic carbocycles. The van der Waals surface area contributed by atoms with Crippen molar-refractivity contribution in [2.45, 2.75) is 0 Å². The molecule has 0 saturated carbocycles. The number of aliphatic carboxylic acids is 1. The summed E-state index contributed by atoms with van der Waals surface area (Å²) in [6.07, 6.45) is 0. The van der Waals surface area contributed by atoms with Crippen molar-refractivity contribution in [3.8, 4) is 0 Å². The molecular weight excluding hydrogens is 174 g/mol. The Kier molecular flexibility index (Phi) is 10.7. The second-order valence-electron chi connectivity index (χ2n) is 1.64. The minimum atomic E-state index is -0.993. The maximum Gasteiger partial charge on any atom is 0.323 e. The standard InChI is InChI=1S/C4H9N3O2.ClH.H2O/c1-7(4(5)6)2-3(8)9;;/h2H2,1H3,(H3,5,6)(H,8,9);1H;1H2. The molecule has 68 valence electrons. The third-order valence-corrected chi connectivity index (χ3v) is 0.784. The zero-order valence-electron chi connectivity index (χ0n) is 6.00. The molecule has 0 spiro atoms. The summed E-state index contributed by atoms with van der Waals surface area (Å²) < 4.78 is 0. The van der Waals surface area contributed by atoms with Crippen LogP contribution >= 0.6 is 12.4 Å². The summed E-state index contributed by atoms with van der Waals surface area (Å²) in [6.45, 7) is -0.227. The molecule has 0 aliphatic heterocycles. The highest BCUT2D eigenvalue weighted by molar-refractivity contribution is 5.85. The van der Waals surface area contributed by atoms with Gasteiger partial charge < -0.3 is 21.2 Å². The van der Waals surface area contributed by atoms with Gasteiger partial charge in [-0.05, 0) is 0 Å². The Morgan fingerprint density at radius 2 is 2.09 bits per heavy atom. The molecule has 6 nitrogen and oxygen atoms in total. The van der Waals surface area contributed by atoms with Gasteiger partial charge >= 0.3 is 5.97 Å². The number of hydrogen-bond acceptors (Lipinski definition) is 2. The Morgan fingerprint density at radius 3 is 2.18 bits per heavy atom. The van der Waals surface area contributed by atoms with Crippen molar-refractivity contribution in [2.24, 2.45) is 5.73 Å². The lowest BCUT2D eigenvalue weighted by atomic mass is 10.6. The molecule has 0 bridgehead atoms. The molecule has 0 fully saturated rings. The van der Waals surface area contributed by atoms with Crippen LogP contribution < -0.4 is 5.73 Å². The lowest BCUT2D eigenvalue weighted by Crippen LogP contribution is -2.36. The third kappa shape index (κ3) is 8.99. The quantitative estimate of drug-likeness (QED) is 0.358. The maximum atomic E-state index is 9.92. The number of guanidine groups is 1. The summed E-state index contributed by atoms with van der Waals surface area (Å²) in [7, 11) is 1.44. The van der Waals surface area contributed by atoms with Crippen LogP contribution in [0.1, 0.15) is 0 Å². The summed E-state index contributed by atoms with van der Waals surface area (Å²) >= 11 is 0. The summed E-state index contributed by atoms with van der Waals surface area (Å²) in [6, 6.07) is 0. The van der Waals surface area contributed by atoms with Crippen LogP contribution in [0, 0.1) is 5.41 Å². The first-order valence-electron chi connectivity index (χ1n) is 2.31. The van der Waals surface area contributed by atoms with Gasteiger partial charge in [-0.2, -0.15) is 0 Å². The van der Waals surface area contributed by atoms with Crippen molar-refractivity contribution in [3.63, 3.8) is 0 Å². The Hall–Kier alpha value is -1.01. The van der Waals surface area contributed by atoms with Gasteiger partial charge in [0.15, 0.2) is 5.96 Å². The minimum absolute atomic E-state index is 0. The van der Waals surface area contributed by atoms with E-state index in [-0.39, 0.29) is 30.4 Å². The largest absolute Gasteiger partial charge is 0.480 e. The second-order valence-corrected chi connectivity index (χ2v) is 1.64. The molecule has 11 heavy (non-hydrogen) atoms. The number of nitrogens with one attached hydrogen (secondary N) is 1. The molecule has 0 aromatic rings. The number of carbonyl (C=O) groups is 1. The molecule has 0 saturated heterocycles. The SMILES string of the molecule is CN(CC(=O)O)C(=N)N.Cl.O. The van der Waals surface area contributed by atoms with E-state index in [1.54, 1.807) is 0 Å². The van der Waals surface area contributed by atoms with E-state index >= 15 is 0 Å². The first kappa shape index (κ1) is 16.5. The summed E-state index contributed by atoms with van der Waals surface area (Å²) in [5.41, 5.74) is 4.93. The number of likely N-dealkylation sites (N-methyl/N-ethyl adjacent to an activating group) is 1. The van der Waals surface area contributed by atoms with Crippen LogP contribution in [-0.4, -0.2) is 41.0 Å². The van der Waals surface area contributed by atoms with Crippen LogP contribution in [0.4, 0.5) is 0 Å². The van der Waals surface area contributed by atoms with Gasteiger partial charge in [0.05, 0.1) is 0 Å². The van der Waals surface area contributed by atoms with E-state index in [2.05, 4.69) is 0 Å². The van der Waals surface area contributed by atoms with E-state index in [0.29, 0.717) is 0 Å². The predicted octanol–water partition coefficient (Wildman–Crippen LogP) is -1.51. The molecular formula is C4H12ClN3O3. The third-order valence-electron chi connectivity index (χ3n) is 0.784. The number of hydrogen-bond donors (Lipinski definition) is 3. The molecule has 7 heteroatoms. The van der Waals surface area contributed by atoms with Gasteiger partial charge in [-0.25, -0.2) is 0 Å². The fourth-order valence-corrected chi connectivity index (χ4v) is 0.288. The highest BCUT2D eigenvalue weighted by Gasteiger charge is 2.03. The maximum absolute atomic E-state index is 9.92. The first-order valence-corrected chi connectivity index (χ1v) is 2.31. The van der Waals surface area contributed by atoms with Gasteiger partial charge in [0.25, 0.3) is 0 Å². The van der Waals surface area contributed by atoms with E-state index in [0.717, 1.165) is 4.90 Å². The van der Waals surface area contributed by atoms with Gasteiger partial charge in [-0.3, -0.25) is 10.2 Å². The number of nitrogens with zero attached hydrogens (tertiary/aromatic N) is 1. The molecule has 0 atom stereocenters. The van der Waals surface area contributed by atoms with Gasteiger partial charge in [-0.15, -0.1) is 12.4 Å². The van der Waals surface area contributed by atoms with Crippen LogP contribution in [0.2, 0.25) is 0 Å². The van der Waals surface area contributed by atoms with Gasteiger partial charge in [-0.1, -0.05) is 0 Å². The molecule has 0 radical (unpaired) electrons. The molecule has 0 aliphatic rings. The Balaban J connectivity index is -0.000000320. The van der Waals surface area contributed by atoms with E-state index in [9.17, 15) is 4.79 Å². The van der Waals surface area contributed by atoms with Crippen molar-refractivity contribution >= 4 is 24.3 Å². The average Bonchev–Trinajstić information content (AvgIpc) is 1.63. The van der Waals surface area contributed by atoms with Crippen LogP contribution in [0.25, 0.3) is 0 Å². The van der Waals surface area contributed by atoms with E-state index < -0.39 is 5.97 Å². The fraction of sp³-hybridized carbons (Fsp3) is 0.500. The van der Waals surface area contributed by atoms with Crippen molar-refractivity contribution in [1.82, 2.24) is 4.90 Å². The summed E-state index contributed by atoms with van der Waals surface area (Å²) in [4.78, 5) is 11.0. The molecule has 0 aromatic heterocycles. The molecule has 0 rings (SSSR count). The molecule has 0 amide bonds. The predicted molar refractivity (Wildman–Crippen MR) is 43.0 cm³/mol. The Morgan fingerprint density at radius 1 is 1.73 bits per heavy atom. The first-order chi connectivity index (χ1) is 4.04. The van der Waals surface area contributed by atoms with Gasteiger partial charge in [0.1, 0.15) is 6.54 Å². The van der Waals surface area contributed by atoms with Crippen molar-refractivity contribution in [1.29, 1.82) is 5.41 Å². The molecule has 0 aliphatic carbocycles. The van der Waals surface area contributed by atoms with Crippen LogP contribution in [-0.2, 0) is 4.79 Å². The van der Waals surface area contributed by atoms with Gasteiger partial charge in [0.2, 0.25) is 0 Å². The van der Waals surface area contributed by atoms with Crippen LogP contribution in [0.3, 0.4) is 0 Å². The fourth-order valence-electron chi connectivity index (χ4n) is 0.288.